The van der Waals surface area contributed by atoms with Gasteiger partial charge >= 0.3 is 6.03 Å². The molecule has 0 bridgehead atoms. The van der Waals surface area contributed by atoms with Gasteiger partial charge in [0.15, 0.2) is 0 Å². The third-order valence-corrected chi connectivity index (χ3v) is 1.64. The van der Waals surface area contributed by atoms with Crippen molar-refractivity contribution in [1.82, 2.24) is 5.32 Å². The van der Waals surface area contributed by atoms with Gasteiger partial charge in [0.2, 0.25) is 0 Å². The number of hydrogen-bond donors (Lipinski definition) is 2. The van der Waals surface area contributed by atoms with E-state index in [0.717, 1.165) is 12.1 Å². The van der Waals surface area contributed by atoms with Crippen LogP contribution in [0.4, 0.5) is 14.9 Å². The van der Waals surface area contributed by atoms with Gasteiger partial charge in [-0.1, -0.05) is 0 Å². The van der Waals surface area contributed by atoms with Gasteiger partial charge in [0.25, 0.3) is 11.6 Å². The lowest BCUT2D eigenvalue weighted by Gasteiger charge is -2.01. The summed E-state index contributed by atoms with van der Waals surface area (Å²) in [5.41, 5.74) is 3.50. The van der Waals surface area contributed by atoms with Gasteiger partial charge in [-0.25, -0.2) is 9.18 Å². The summed E-state index contributed by atoms with van der Waals surface area (Å²) in [7, 11) is 0. The molecule has 1 aromatic rings. The van der Waals surface area contributed by atoms with Crippen molar-refractivity contribution < 1.29 is 18.9 Å². The zero-order chi connectivity index (χ0) is 12.3. The Morgan fingerprint density at radius 1 is 1.44 bits per heavy atom. The fraction of sp³-hybridized carbons (Fsp3) is 0. The van der Waals surface area contributed by atoms with Crippen LogP contribution in [0.3, 0.4) is 0 Å². The van der Waals surface area contributed by atoms with Gasteiger partial charge in [-0.3, -0.25) is 20.2 Å². The van der Waals surface area contributed by atoms with Crippen LogP contribution in [0, 0.1) is 15.9 Å². The molecule has 0 aromatic heterocycles. The molecule has 0 unspecified atom stereocenters. The third kappa shape index (κ3) is 2.50. The summed E-state index contributed by atoms with van der Waals surface area (Å²) in [6, 6.07) is 1.19. The summed E-state index contributed by atoms with van der Waals surface area (Å²) < 4.78 is 12.7. The Balaban J connectivity index is 3.17. The summed E-state index contributed by atoms with van der Waals surface area (Å²) in [6.45, 7) is 0. The monoisotopic (exact) mass is 227 g/mol. The zero-order valence-electron chi connectivity index (χ0n) is 7.77. The highest BCUT2D eigenvalue weighted by molar-refractivity contribution is 6.06. The van der Waals surface area contributed by atoms with E-state index in [1.807, 2.05) is 0 Å². The molecule has 0 aliphatic heterocycles. The Labute approximate surface area is 88.2 Å². The van der Waals surface area contributed by atoms with E-state index < -0.39 is 33.9 Å². The number of urea groups is 1. The molecule has 0 fully saturated rings. The van der Waals surface area contributed by atoms with E-state index >= 15 is 0 Å². The molecule has 0 atom stereocenters. The van der Waals surface area contributed by atoms with Gasteiger partial charge in [0.05, 0.1) is 11.0 Å². The average molecular weight is 227 g/mol. The van der Waals surface area contributed by atoms with Crippen LogP contribution in [0.2, 0.25) is 0 Å². The van der Waals surface area contributed by atoms with Gasteiger partial charge < -0.3 is 5.73 Å². The van der Waals surface area contributed by atoms with Crippen LogP contribution in [-0.4, -0.2) is 16.9 Å². The number of halogens is 1. The van der Waals surface area contributed by atoms with Crippen molar-refractivity contribution in [3.63, 3.8) is 0 Å². The van der Waals surface area contributed by atoms with Crippen LogP contribution in [0.25, 0.3) is 0 Å². The molecule has 3 amide bonds. The molecule has 7 nitrogen and oxygen atoms in total. The molecular weight excluding hydrogens is 221 g/mol. The van der Waals surface area contributed by atoms with Crippen LogP contribution in [-0.2, 0) is 0 Å². The lowest BCUT2D eigenvalue weighted by atomic mass is 10.1. The number of hydrogen-bond acceptors (Lipinski definition) is 4. The number of primary amides is 1. The molecule has 1 rings (SSSR count). The highest BCUT2D eigenvalue weighted by Gasteiger charge is 2.21. The summed E-state index contributed by atoms with van der Waals surface area (Å²) in [5.74, 6) is -1.92. The van der Waals surface area contributed by atoms with Crippen LogP contribution < -0.4 is 11.1 Å². The van der Waals surface area contributed by atoms with Gasteiger partial charge in [0.1, 0.15) is 11.4 Å². The zero-order valence-corrected chi connectivity index (χ0v) is 7.77. The molecule has 84 valence electrons. The van der Waals surface area contributed by atoms with Crippen LogP contribution in [0.1, 0.15) is 10.4 Å². The van der Waals surface area contributed by atoms with Crippen molar-refractivity contribution in [2.75, 3.05) is 0 Å². The standard InChI is InChI=1S/C8H6FN3O4/c9-4-1-2-5(6(3-4)12(15)16)7(13)11-8(10)14/h1-3H,(H3,10,11,13,14). The summed E-state index contributed by atoms with van der Waals surface area (Å²) in [6.07, 6.45) is 0. The smallest absolute Gasteiger partial charge is 0.319 e. The van der Waals surface area contributed by atoms with E-state index in [1.54, 1.807) is 5.32 Å². The maximum Gasteiger partial charge on any atom is 0.319 e. The number of nitro groups is 1. The minimum Gasteiger partial charge on any atom is -0.351 e. The summed E-state index contributed by atoms with van der Waals surface area (Å²) >= 11 is 0. The second-order valence-corrected chi connectivity index (χ2v) is 2.74. The largest absolute Gasteiger partial charge is 0.351 e. The Bertz CT molecular complexity index is 474. The molecule has 0 saturated carbocycles. The number of carbonyl (C=O) groups excluding carboxylic acids is 2. The van der Waals surface area contributed by atoms with Crippen molar-refractivity contribution in [2.24, 2.45) is 5.73 Å². The number of carbonyl (C=O) groups is 2. The number of amides is 3. The maximum atomic E-state index is 12.7. The van der Waals surface area contributed by atoms with Gasteiger partial charge in [0, 0.05) is 0 Å². The van der Waals surface area contributed by atoms with Crippen molar-refractivity contribution in [1.29, 1.82) is 0 Å². The number of nitrogens with one attached hydrogen (secondary N) is 1. The van der Waals surface area contributed by atoms with E-state index in [2.05, 4.69) is 5.73 Å². The van der Waals surface area contributed by atoms with E-state index in [-0.39, 0.29) is 0 Å². The first-order chi connectivity index (χ1) is 7.41. The Hall–Kier alpha value is -2.51. The minimum absolute atomic E-state index is 0.440. The first-order valence-electron chi connectivity index (χ1n) is 3.96. The Kier molecular flexibility index (Phi) is 3.14. The molecule has 0 aliphatic carbocycles. The van der Waals surface area contributed by atoms with Gasteiger partial charge in [-0.05, 0) is 12.1 Å². The van der Waals surface area contributed by atoms with Crippen molar-refractivity contribution in [3.05, 3.63) is 39.7 Å². The van der Waals surface area contributed by atoms with E-state index in [1.165, 1.54) is 0 Å². The molecule has 0 radical (unpaired) electrons. The van der Waals surface area contributed by atoms with E-state index in [4.69, 9.17) is 0 Å². The predicted molar refractivity (Wildman–Crippen MR) is 50.1 cm³/mol. The number of nitro benzene ring substituents is 1. The summed E-state index contributed by atoms with van der Waals surface area (Å²) in [5, 5.41) is 12.2. The van der Waals surface area contributed by atoms with Crippen LogP contribution in [0.5, 0.6) is 0 Å². The topological polar surface area (TPSA) is 115 Å². The highest BCUT2D eigenvalue weighted by Crippen LogP contribution is 2.19. The minimum atomic E-state index is -1.15. The number of imide groups is 1. The number of nitrogens with zero attached hydrogens (tertiary/aromatic N) is 1. The first-order valence-corrected chi connectivity index (χ1v) is 3.96. The number of benzene rings is 1. The van der Waals surface area contributed by atoms with Crippen molar-refractivity contribution >= 4 is 17.6 Å². The molecule has 3 N–H and O–H groups in total. The fourth-order valence-corrected chi connectivity index (χ4v) is 1.03. The molecule has 0 saturated heterocycles. The van der Waals surface area contributed by atoms with E-state index in [0.29, 0.717) is 6.07 Å². The molecule has 1 aromatic carbocycles. The molecule has 8 heteroatoms. The molecule has 0 aliphatic rings. The SMILES string of the molecule is NC(=O)NC(=O)c1ccc(F)cc1[N+](=O)[O-]. The normalized spacial score (nSPS) is 9.56. The first kappa shape index (κ1) is 11.6. The van der Waals surface area contributed by atoms with Crippen molar-refractivity contribution in [2.45, 2.75) is 0 Å². The number of rotatable bonds is 2. The van der Waals surface area contributed by atoms with Crippen molar-refractivity contribution in [3.8, 4) is 0 Å². The highest BCUT2D eigenvalue weighted by atomic mass is 19.1. The Morgan fingerprint density at radius 3 is 2.56 bits per heavy atom. The predicted octanol–water partition coefficient (Wildman–Crippen LogP) is 0.542. The molecule has 16 heavy (non-hydrogen) atoms. The second-order valence-electron chi connectivity index (χ2n) is 2.74. The lowest BCUT2D eigenvalue weighted by Crippen LogP contribution is -2.35. The Morgan fingerprint density at radius 2 is 2.06 bits per heavy atom. The molecule has 0 heterocycles. The van der Waals surface area contributed by atoms with Gasteiger partial charge in [-0.15, -0.1) is 0 Å². The van der Waals surface area contributed by atoms with Crippen LogP contribution in [0.15, 0.2) is 18.2 Å². The van der Waals surface area contributed by atoms with Crippen LogP contribution >= 0.6 is 0 Å². The maximum absolute atomic E-state index is 12.7. The average Bonchev–Trinajstić information content (AvgIpc) is 2.16. The molecular formula is C8H6FN3O4. The lowest BCUT2D eigenvalue weighted by molar-refractivity contribution is -0.385. The van der Waals surface area contributed by atoms with E-state index in [9.17, 15) is 24.1 Å². The molecule has 0 spiro atoms. The third-order valence-electron chi connectivity index (χ3n) is 1.64. The second kappa shape index (κ2) is 4.34. The summed E-state index contributed by atoms with van der Waals surface area (Å²) in [4.78, 5) is 31.2. The fourth-order valence-electron chi connectivity index (χ4n) is 1.03. The van der Waals surface area contributed by atoms with Gasteiger partial charge in [-0.2, -0.15) is 0 Å². The number of nitrogens with two attached hydrogens (primary N) is 1. The quantitative estimate of drug-likeness (QED) is 0.566.